The van der Waals surface area contributed by atoms with E-state index in [2.05, 4.69) is 139 Å². The Morgan fingerprint density at radius 1 is 0.405 bits per heavy atom. The van der Waals surface area contributed by atoms with Crippen LogP contribution in [0.1, 0.15) is 246 Å². The molecule has 5 aliphatic rings. The van der Waals surface area contributed by atoms with E-state index in [1.54, 1.807) is 0 Å². The third-order valence-corrected chi connectivity index (χ3v) is 16.4. The monoisotopic (exact) mass is 1070 g/mol. The molecule has 5 fully saturated rings. The molecule has 12 heteroatoms. The number of likely N-dealkylation sites (tertiary alicyclic amines) is 5. The molecular formula is C62H123F6N5O. The highest BCUT2D eigenvalue weighted by Gasteiger charge is 2.54. The smallest absolute Gasteiger partial charge is 0.380 e. The number of ether oxygens (including phenoxy) is 1. The van der Waals surface area contributed by atoms with Gasteiger partial charge in [0.1, 0.15) is 6.17 Å². The third-order valence-electron chi connectivity index (χ3n) is 16.4. The van der Waals surface area contributed by atoms with Crippen LogP contribution in [0.5, 0.6) is 0 Å². The van der Waals surface area contributed by atoms with E-state index in [0.29, 0.717) is 47.5 Å². The van der Waals surface area contributed by atoms with Crippen molar-refractivity contribution in [1.29, 1.82) is 0 Å². The molecule has 0 aliphatic carbocycles. The lowest BCUT2D eigenvalue weighted by molar-refractivity contribution is -0.171. The largest absolute Gasteiger partial charge is 0.393 e. The Labute approximate surface area is 455 Å². The fourth-order valence-electron chi connectivity index (χ4n) is 12.3. The minimum absolute atomic E-state index is 0.00544. The number of rotatable bonds is 1. The lowest BCUT2D eigenvalue weighted by atomic mass is 9.82. The minimum Gasteiger partial charge on any atom is -0.380 e. The highest BCUT2D eigenvalue weighted by Crippen LogP contribution is 2.46. The zero-order valence-corrected chi connectivity index (χ0v) is 54.3. The summed E-state index contributed by atoms with van der Waals surface area (Å²) in [6.07, 6.45) is 0.534. The topological polar surface area (TPSA) is 25.4 Å². The maximum absolute atomic E-state index is 13.5. The number of methoxy groups -OCH3 is 1. The summed E-state index contributed by atoms with van der Waals surface area (Å²) in [5, 5.41) is 0. The first-order valence-corrected chi connectivity index (χ1v) is 28.7. The van der Waals surface area contributed by atoms with Gasteiger partial charge in [0.2, 0.25) is 0 Å². The van der Waals surface area contributed by atoms with Crippen molar-refractivity contribution in [3.63, 3.8) is 0 Å². The highest BCUT2D eigenvalue weighted by atomic mass is 19.4. The van der Waals surface area contributed by atoms with Crippen molar-refractivity contribution >= 4 is 0 Å². The molecule has 5 aliphatic heterocycles. The first-order valence-electron chi connectivity index (χ1n) is 28.7. The molecule has 8 atom stereocenters. The lowest BCUT2D eigenvalue weighted by Crippen LogP contribution is -2.49. The Bertz CT molecular complexity index is 1550. The van der Waals surface area contributed by atoms with E-state index in [-0.39, 0.29) is 76.4 Å². The Morgan fingerprint density at radius 3 is 1.01 bits per heavy atom. The van der Waals surface area contributed by atoms with Crippen LogP contribution in [0.3, 0.4) is 0 Å². The predicted molar refractivity (Wildman–Crippen MR) is 306 cm³/mol. The summed E-state index contributed by atoms with van der Waals surface area (Å²) in [5.41, 5.74) is 1.01. The Morgan fingerprint density at radius 2 is 0.743 bits per heavy atom. The van der Waals surface area contributed by atoms with E-state index in [1.165, 1.54) is 19.4 Å². The van der Waals surface area contributed by atoms with Crippen molar-refractivity contribution in [3.05, 3.63) is 0 Å². The van der Waals surface area contributed by atoms with Crippen LogP contribution in [-0.4, -0.2) is 147 Å². The summed E-state index contributed by atoms with van der Waals surface area (Å²) in [5.74, 6) is -3.70. The fourth-order valence-corrected chi connectivity index (χ4v) is 12.3. The Hall–Kier alpha value is -0.660. The van der Waals surface area contributed by atoms with Crippen molar-refractivity contribution in [1.82, 2.24) is 24.5 Å². The van der Waals surface area contributed by atoms with E-state index in [9.17, 15) is 26.3 Å². The van der Waals surface area contributed by atoms with Crippen LogP contribution < -0.4 is 0 Å². The molecule has 444 valence electrons. The molecular weight excluding hydrogens is 945 g/mol. The van der Waals surface area contributed by atoms with Gasteiger partial charge in [-0.1, -0.05) is 104 Å². The molecule has 0 aromatic heterocycles. The molecule has 0 spiro atoms. The second-order valence-corrected chi connectivity index (χ2v) is 33.6. The minimum atomic E-state index is -4.07. The first-order chi connectivity index (χ1) is 32.3. The Balaban J connectivity index is 0.000000464. The lowest BCUT2D eigenvalue weighted by Gasteiger charge is -2.43. The molecule has 0 amide bonds. The van der Waals surface area contributed by atoms with Crippen LogP contribution in [0.15, 0.2) is 0 Å². The molecule has 0 aromatic rings. The molecule has 0 aromatic carbocycles. The first kappa shape index (κ1) is 71.4. The van der Waals surface area contributed by atoms with Gasteiger partial charge in [-0.2, -0.15) is 13.2 Å². The van der Waals surface area contributed by atoms with Gasteiger partial charge in [-0.25, -0.2) is 13.2 Å². The SMILES string of the molecule is CC(C)(C)C1CC(C(F)(F)F)CN1C(C)(C)C.CC(C)(C)C1CC(F)(F)CN1C(C)(C)C.CC(C)(C)C1CC(F)CN1C(C)(C)C.CC(C)(C)C1CCCN1C(C)(C)C.COC1CC(C(C)(C)C)N(C(C)(C)C)C1. The second kappa shape index (κ2) is 24.6. The van der Waals surface area contributed by atoms with Crippen molar-refractivity contribution in [2.45, 2.75) is 329 Å². The van der Waals surface area contributed by atoms with Gasteiger partial charge in [-0.3, -0.25) is 24.5 Å². The van der Waals surface area contributed by atoms with Gasteiger partial charge in [0.25, 0.3) is 5.92 Å². The van der Waals surface area contributed by atoms with Crippen molar-refractivity contribution in [2.24, 2.45) is 33.0 Å². The molecule has 74 heavy (non-hydrogen) atoms. The fraction of sp³-hybridized carbons (Fsp3) is 1.00. The van der Waals surface area contributed by atoms with Gasteiger partial charge in [-0.05, 0) is 170 Å². The number of hydrogen-bond donors (Lipinski definition) is 0. The van der Waals surface area contributed by atoms with Gasteiger partial charge < -0.3 is 4.74 Å². The van der Waals surface area contributed by atoms with Crippen LogP contribution in [0.25, 0.3) is 0 Å². The van der Waals surface area contributed by atoms with Crippen LogP contribution in [0.2, 0.25) is 0 Å². The Kier molecular flexibility index (Phi) is 23.7. The summed E-state index contributed by atoms with van der Waals surface area (Å²) in [6, 6.07) is 1.73. The predicted octanol–water partition coefficient (Wildman–Crippen LogP) is 17.1. The molecule has 6 nitrogen and oxygen atoms in total. The van der Waals surface area contributed by atoms with Crippen molar-refractivity contribution in [2.75, 3.05) is 39.8 Å². The van der Waals surface area contributed by atoms with Crippen LogP contribution in [0, 0.1) is 33.0 Å². The van der Waals surface area contributed by atoms with Crippen LogP contribution in [-0.2, 0) is 4.74 Å². The van der Waals surface area contributed by atoms with Gasteiger partial charge >= 0.3 is 6.18 Å². The average molecular weight is 1070 g/mol. The molecule has 0 radical (unpaired) electrons. The molecule has 5 rings (SSSR count). The standard InChI is InChI=1S/C13H24F3N.C13H27NO.C12H23F2N.C12H24FN.C12H25N/c1-11(2,3)10-7-9(13(14,15)16)8-17(10)12(4,5)6;1-12(2,3)11-8-10(15-7)9-14(11)13(4,5)6;1-10(2,3)9-7-12(13,14)8-15(9)11(4,5)6;1-11(2,3)10-7-9(13)8-14(10)12(4,5)6;1-11(2,3)10-8-7-9-13(10)12(4,5)6/h9-10H,7-8H2,1-6H3;10-11H,8-9H2,1-7H3;9H,7-8H2,1-6H3;9-10H,7-8H2,1-6H3;10H,7-9H2,1-6H3. The van der Waals surface area contributed by atoms with E-state index < -0.39 is 24.2 Å². The summed E-state index contributed by atoms with van der Waals surface area (Å²) in [4.78, 5) is 11.6. The zero-order valence-electron chi connectivity index (χ0n) is 54.3. The summed E-state index contributed by atoms with van der Waals surface area (Å²) in [6.45, 7) is 68.2. The van der Waals surface area contributed by atoms with E-state index >= 15 is 0 Å². The third kappa shape index (κ3) is 21.8. The maximum atomic E-state index is 13.5. The molecule has 0 N–H and O–H groups in total. The van der Waals surface area contributed by atoms with E-state index in [4.69, 9.17) is 4.74 Å². The van der Waals surface area contributed by atoms with Crippen molar-refractivity contribution < 1.29 is 31.1 Å². The van der Waals surface area contributed by atoms with Crippen molar-refractivity contribution in [3.8, 4) is 0 Å². The highest BCUT2D eigenvalue weighted by molar-refractivity contribution is 5.03. The summed E-state index contributed by atoms with van der Waals surface area (Å²) in [7, 11) is 1.83. The van der Waals surface area contributed by atoms with E-state index in [0.717, 1.165) is 19.0 Å². The second-order valence-electron chi connectivity index (χ2n) is 33.6. The summed E-state index contributed by atoms with van der Waals surface area (Å²) >= 11 is 0. The number of alkyl halides is 6. The average Bonchev–Trinajstić information content (AvgIpc) is 3.97. The molecule has 5 heterocycles. The molecule has 0 bridgehead atoms. The van der Waals surface area contributed by atoms with Crippen LogP contribution >= 0.6 is 0 Å². The van der Waals surface area contributed by atoms with E-state index in [1.807, 2.05) is 100.0 Å². The number of hydrogen-bond acceptors (Lipinski definition) is 6. The van der Waals surface area contributed by atoms with Crippen LogP contribution in [0.4, 0.5) is 26.3 Å². The number of nitrogens with zero attached hydrogens (tertiary/aromatic N) is 5. The maximum Gasteiger partial charge on any atom is 0.393 e. The zero-order chi connectivity index (χ0) is 59.0. The number of halogens is 6. The van der Waals surface area contributed by atoms with Gasteiger partial charge in [0.15, 0.2) is 0 Å². The summed E-state index contributed by atoms with van der Waals surface area (Å²) < 4.78 is 84.5. The molecule has 5 saturated heterocycles. The normalized spacial score (nSPS) is 29.0. The van der Waals surface area contributed by atoms with Gasteiger partial charge in [-0.15, -0.1) is 0 Å². The quantitative estimate of drug-likeness (QED) is 0.243. The van der Waals surface area contributed by atoms with Gasteiger partial charge in [0, 0.05) is 91.1 Å². The van der Waals surface area contributed by atoms with Gasteiger partial charge in [0.05, 0.1) is 18.6 Å². The molecule has 8 unspecified atom stereocenters. The molecule has 0 saturated carbocycles.